The molecule has 0 radical (unpaired) electrons. The summed E-state index contributed by atoms with van der Waals surface area (Å²) in [5.74, 6) is 1.35. The number of ether oxygens (including phenoxy) is 2. The lowest BCUT2D eigenvalue weighted by atomic mass is 10.2. The zero-order valence-electron chi connectivity index (χ0n) is 10.8. The van der Waals surface area contributed by atoms with E-state index in [1.807, 2.05) is 23.6 Å². The first-order valence-electron chi connectivity index (χ1n) is 5.77. The highest BCUT2D eigenvalue weighted by atomic mass is 32.1. The number of amides is 1. The molecule has 4 nitrogen and oxygen atoms in total. The van der Waals surface area contributed by atoms with Crippen molar-refractivity contribution in [2.75, 3.05) is 14.2 Å². The molecule has 0 aliphatic carbocycles. The van der Waals surface area contributed by atoms with Crippen LogP contribution in [0.1, 0.15) is 15.2 Å². The maximum Gasteiger partial charge on any atom is 0.261 e. The van der Waals surface area contributed by atoms with Gasteiger partial charge in [-0.1, -0.05) is 6.07 Å². The molecular formula is C14H15NO3S. The van der Waals surface area contributed by atoms with E-state index in [0.717, 1.165) is 11.3 Å². The smallest absolute Gasteiger partial charge is 0.261 e. The highest BCUT2D eigenvalue weighted by Gasteiger charge is 2.09. The quantitative estimate of drug-likeness (QED) is 0.914. The molecule has 0 fully saturated rings. The molecule has 2 aromatic rings. The molecule has 1 N–H and O–H groups in total. The van der Waals surface area contributed by atoms with Crippen LogP contribution in [0.3, 0.4) is 0 Å². The third-order valence-electron chi connectivity index (χ3n) is 2.68. The molecule has 100 valence electrons. The number of benzene rings is 1. The Labute approximate surface area is 116 Å². The Kier molecular flexibility index (Phi) is 4.41. The van der Waals surface area contributed by atoms with Gasteiger partial charge in [0.05, 0.1) is 19.1 Å². The van der Waals surface area contributed by atoms with Gasteiger partial charge in [-0.25, -0.2) is 0 Å². The lowest BCUT2D eigenvalue weighted by Gasteiger charge is -2.11. The molecule has 19 heavy (non-hydrogen) atoms. The topological polar surface area (TPSA) is 47.6 Å². The Balaban J connectivity index is 2.05. The Morgan fingerprint density at radius 3 is 2.74 bits per heavy atom. The number of thiophene rings is 1. The molecule has 1 aromatic carbocycles. The maximum atomic E-state index is 11.8. The summed E-state index contributed by atoms with van der Waals surface area (Å²) in [4.78, 5) is 12.5. The minimum Gasteiger partial charge on any atom is -0.497 e. The van der Waals surface area contributed by atoms with Crippen LogP contribution >= 0.6 is 11.3 Å². The summed E-state index contributed by atoms with van der Waals surface area (Å²) in [6.07, 6.45) is 0. The van der Waals surface area contributed by atoms with Gasteiger partial charge in [0.25, 0.3) is 5.91 Å². The summed E-state index contributed by atoms with van der Waals surface area (Å²) < 4.78 is 10.4. The van der Waals surface area contributed by atoms with Gasteiger partial charge in [-0.15, -0.1) is 11.3 Å². The van der Waals surface area contributed by atoms with Gasteiger partial charge in [0, 0.05) is 18.2 Å². The summed E-state index contributed by atoms with van der Waals surface area (Å²) in [5.41, 5.74) is 0.910. The van der Waals surface area contributed by atoms with E-state index in [9.17, 15) is 4.79 Å². The second-order valence-corrected chi connectivity index (χ2v) is 4.79. The molecule has 1 amide bonds. The molecule has 1 heterocycles. The summed E-state index contributed by atoms with van der Waals surface area (Å²) >= 11 is 1.42. The average Bonchev–Trinajstić information content (AvgIpc) is 2.98. The van der Waals surface area contributed by atoms with Gasteiger partial charge in [-0.2, -0.15) is 0 Å². The van der Waals surface area contributed by atoms with Gasteiger partial charge in [-0.05, 0) is 23.6 Å². The van der Waals surface area contributed by atoms with E-state index in [1.165, 1.54) is 11.3 Å². The van der Waals surface area contributed by atoms with E-state index in [-0.39, 0.29) is 5.91 Å². The largest absolute Gasteiger partial charge is 0.497 e. The number of hydrogen-bond donors (Lipinski definition) is 1. The molecular weight excluding hydrogens is 262 g/mol. The first-order chi connectivity index (χ1) is 9.24. The van der Waals surface area contributed by atoms with Crippen molar-refractivity contribution in [3.8, 4) is 11.5 Å². The van der Waals surface area contributed by atoms with E-state index >= 15 is 0 Å². The standard InChI is InChI=1S/C14H15NO3S/c1-17-11-6-5-10(12(8-11)18-2)9-15-14(16)13-4-3-7-19-13/h3-8H,9H2,1-2H3,(H,15,16). The van der Waals surface area contributed by atoms with Crippen LogP contribution in [0.2, 0.25) is 0 Å². The van der Waals surface area contributed by atoms with Gasteiger partial charge < -0.3 is 14.8 Å². The molecule has 0 bridgehead atoms. The SMILES string of the molecule is COc1ccc(CNC(=O)c2cccs2)c(OC)c1. The van der Waals surface area contributed by atoms with Gasteiger partial charge in [-0.3, -0.25) is 4.79 Å². The predicted molar refractivity (Wildman–Crippen MR) is 75.0 cm³/mol. The summed E-state index contributed by atoms with van der Waals surface area (Å²) in [6, 6.07) is 9.17. The van der Waals surface area contributed by atoms with Crippen molar-refractivity contribution in [3.63, 3.8) is 0 Å². The zero-order valence-corrected chi connectivity index (χ0v) is 11.6. The van der Waals surface area contributed by atoms with Crippen molar-refractivity contribution in [2.45, 2.75) is 6.54 Å². The van der Waals surface area contributed by atoms with Gasteiger partial charge in [0.1, 0.15) is 11.5 Å². The molecule has 0 saturated carbocycles. The second kappa shape index (κ2) is 6.24. The summed E-state index contributed by atoms with van der Waals surface area (Å²) in [6.45, 7) is 0.421. The number of hydrogen-bond acceptors (Lipinski definition) is 4. The van der Waals surface area contributed by atoms with E-state index in [4.69, 9.17) is 9.47 Å². The summed E-state index contributed by atoms with van der Waals surface area (Å²) in [7, 11) is 3.20. The molecule has 1 aromatic heterocycles. The van der Waals surface area contributed by atoms with E-state index in [0.29, 0.717) is 17.2 Å². The van der Waals surface area contributed by atoms with Crippen LogP contribution in [0.15, 0.2) is 35.7 Å². The third kappa shape index (κ3) is 3.26. The van der Waals surface area contributed by atoms with Crippen LogP contribution in [-0.2, 0) is 6.54 Å². The number of carbonyl (C=O) groups is 1. The Morgan fingerprint density at radius 1 is 1.26 bits per heavy atom. The lowest BCUT2D eigenvalue weighted by Crippen LogP contribution is -2.22. The number of methoxy groups -OCH3 is 2. The van der Waals surface area contributed by atoms with Crippen LogP contribution < -0.4 is 14.8 Å². The Morgan fingerprint density at radius 2 is 2.11 bits per heavy atom. The van der Waals surface area contributed by atoms with Crippen molar-refractivity contribution in [3.05, 3.63) is 46.2 Å². The Hall–Kier alpha value is -2.01. The molecule has 0 unspecified atom stereocenters. The normalized spacial score (nSPS) is 10.0. The number of carbonyl (C=O) groups excluding carboxylic acids is 1. The molecule has 0 spiro atoms. The first kappa shape index (κ1) is 13.4. The fourth-order valence-corrected chi connectivity index (χ4v) is 2.31. The zero-order chi connectivity index (χ0) is 13.7. The Bertz CT molecular complexity index is 552. The van der Waals surface area contributed by atoms with E-state index in [2.05, 4.69) is 5.32 Å². The van der Waals surface area contributed by atoms with Crippen LogP contribution in [-0.4, -0.2) is 20.1 Å². The maximum absolute atomic E-state index is 11.8. The van der Waals surface area contributed by atoms with Gasteiger partial charge >= 0.3 is 0 Å². The third-order valence-corrected chi connectivity index (χ3v) is 3.55. The van der Waals surface area contributed by atoms with Crippen LogP contribution in [0.5, 0.6) is 11.5 Å². The summed E-state index contributed by atoms with van der Waals surface area (Å²) in [5, 5.41) is 4.74. The van der Waals surface area contributed by atoms with Crippen molar-refractivity contribution in [1.29, 1.82) is 0 Å². The van der Waals surface area contributed by atoms with Crippen LogP contribution in [0.25, 0.3) is 0 Å². The van der Waals surface area contributed by atoms with Crippen LogP contribution in [0.4, 0.5) is 0 Å². The van der Waals surface area contributed by atoms with E-state index in [1.54, 1.807) is 26.4 Å². The average molecular weight is 277 g/mol. The molecule has 0 aliphatic rings. The van der Waals surface area contributed by atoms with Gasteiger partial charge in [0.2, 0.25) is 0 Å². The van der Waals surface area contributed by atoms with Crippen molar-refractivity contribution < 1.29 is 14.3 Å². The molecule has 2 rings (SSSR count). The highest BCUT2D eigenvalue weighted by molar-refractivity contribution is 7.12. The number of nitrogens with one attached hydrogen (secondary N) is 1. The first-order valence-corrected chi connectivity index (χ1v) is 6.65. The van der Waals surface area contributed by atoms with Gasteiger partial charge in [0.15, 0.2) is 0 Å². The fraction of sp³-hybridized carbons (Fsp3) is 0.214. The minimum absolute atomic E-state index is 0.0760. The fourth-order valence-electron chi connectivity index (χ4n) is 1.67. The van der Waals surface area contributed by atoms with Crippen LogP contribution in [0, 0.1) is 0 Å². The monoisotopic (exact) mass is 277 g/mol. The molecule has 0 atom stereocenters. The lowest BCUT2D eigenvalue weighted by molar-refractivity contribution is 0.0955. The van der Waals surface area contributed by atoms with E-state index < -0.39 is 0 Å². The van der Waals surface area contributed by atoms with Crippen molar-refractivity contribution >= 4 is 17.2 Å². The second-order valence-electron chi connectivity index (χ2n) is 3.84. The van der Waals surface area contributed by atoms with Crippen molar-refractivity contribution in [2.24, 2.45) is 0 Å². The number of rotatable bonds is 5. The highest BCUT2D eigenvalue weighted by Crippen LogP contribution is 2.24. The molecule has 0 aliphatic heterocycles. The predicted octanol–water partition coefficient (Wildman–Crippen LogP) is 2.70. The molecule has 5 heteroatoms. The van der Waals surface area contributed by atoms with Crippen molar-refractivity contribution in [1.82, 2.24) is 5.32 Å². The molecule has 0 saturated heterocycles. The minimum atomic E-state index is -0.0760.